The SMILES string of the molecule is Cc1ccccc1O.O=P(O)(O)O. The van der Waals surface area contributed by atoms with Crippen LogP contribution in [-0.4, -0.2) is 19.8 Å². The second kappa shape index (κ2) is 4.99. The molecule has 0 unspecified atom stereocenters. The van der Waals surface area contributed by atoms with Crippen molar-refractivity contribution in [2.45, 2.75) is 6.92 Å². The predicted octanol–water partition coefficient (Wildman–Crippen LogP) is 0.772. The molecule has 0 spiro atoms. The van der Waals surface area contributed by atoms with Crippen LogP contribution < -0.4 is 0 Å². The second-order valence-electron chi connectivity index (χ2n) is 2.30. The van der Waals surface area contributed by atoms with E-state index in [0.717, 1.165) is 5.56 Å². The van der Waals surface area contributed by atoms with E-state index in [2.05, 4.69) is 0 Å². The Balaban J connectivity index is 0.000000252. The van der Waals surface area contributed by atoms with Crippen LogP contribution in [0.5, 0.6) is 5.75 Å². The molecule has 1 rings (SSSR count). The molecule has 13 heavy (non-hydrogen) atoms. The van der Waals surface area contributed by atoms with Gasteiger partial charge in [0.05, 0.1) is 0 Å². The summed E-state index contributed by atoms with van der Waals surface area (Å²) in [5.74, 6) is 0.368. The van der Waals surface area contributed by atoms with Crippen molar-refractivity contribution in [2.75, 3.05) is 0 Å². The molecule has 5 nitrogen and oxygen atoms in total. The van der Waals surface area contributed by atoms with Crippen LogP contribution in [-0.2, 0) is 4.57 Å². The third kappa shape index (κ3) is 9.04. The average Bonchev–Trinajstić information content (AvgIpc) is 1.92. The minimum absolute atomic E-state index is 0.368. The van der Waals surface area contributed by atoms with Gasteiger partial charge in [0, 0.05) is 0 Å². The van der Waals surface area contributed by atoms with Gasteiger partial charge < -0.3 is 19.8 Å². The summed E-state index contributed by atoms with van der Waals surface area (Å²) in [7, 11) is -4.64. The van der Waals surface area contributed by atoms with Crippen molar-refractivity contribution in [3.8, 4) is 5.75 Å². The molecule has 4 N–H and O–H groups in total. The lowest BCUT2D eigenvalue weighted by Gasteiger charge is -1.92. The molecule has 1 aromatic carbocycles. The van der Waals surface area contributed by atoms with Gasteiger partial charge in [0.25, 0.3) is 0 Å². The van der Waals surface area contributed by atoms with E-state index in [0.29, 0.717) is 5.75 Å². The van der Waals surface area contributed by atoms with Gasteiger partial charge in [-0.2, -0.15) is 0 Å². The van der Waals surface area contributed by atoms with Crippen LogP contribution in [0.25, 0.3) is 0 Å². The molecule has 0 heterocycles. The standard InChI is InChI=1S/C7H8O.H3O4P/c1-6-4-2-3-5-7(6)8;1-5(2,3)4/h2-5,8H,1H3;(H3,1,2,3,4). The molecule has 0 aliphatic heterocycles. The van der Waals surface area contributed by atoms with Gasteiger partial charge in [-0.15, -0.1) is 0 Å². The number of aromatic hydroxyl groups is 1. The maximum atomic E-state index is 8.92. The van der Waals surface area contributed by atoms with Gasteiger partial charge in [-0.1, -0.05) is 18.2 Å². The Morgan fingerprint density at radius 3 is 1.77 bits per heavy atom. The predicted molar refractivity (Wildman–Crippen MR) is 47.1 cm³/mol. The Bertz CT molecular complexity index is 276. The fourth-order valence-corrected chi connectivity index (χ4v) is 0.563. The Labute approximate surface area is 75.5 Å². The van der Waals surface area contributed by atoms with Crippen LogP contribution in [0.3, 0.4) is 0 Å². The van der Waals surface area contributed by atoms with Crippen LogP contribution in [0, 0.1) is 6.92 Å². The van der Waals surface area contributed by atoms with Gasteiger partial charge in [0.2, 0.25) is 0 Å². The van der Waals surface area contributed by atoms with Crippen molar-refractivity contribution < 1.29 is 24.4 Å². The van der Waals surface area contributed by atoms with Crippen molar-refractivity contribution >= 4 is 7.82 Å². The molecule has 0 fully saturated rings. The van der Waals surface area contributed by atoms with E-state index in [4.69, 9.17) is 24.4 Å². The molecule has 0 aliphatic rings. The van der Waals surface area contributed by atoms with E-state index in [1.165, 1.54) is 0 Å². The molecule has 0 amide bonds. The quantitative estimate of drug-likeness (QED) is 0.470. The van der Waals surface area contributed by atoms with Gasteiger partial charge in [0.1, 0.15) is 5.75 Å². The number of phenols is 1. The maximum absolute atomic E-state index is 8.92. The number of benzene rings is 1. The van der Waals surface area contributed by atoms with Gasteiger partial charge in [-0.3, -0.25) is 0 Å². The summed E-state index contributed by atoms with van der Waals surface area (Å²) in [6.45, 7) is 1.87. The summed E-state index contributed by atoms with van der Waals surface area (Å²) in [5.41, 5.74) is 0.924. The molecular formula is C7H11O5P. The highest BCUT2D eigenvalue weighted by molar-refractivity contribution is 7.45. The zero-order chi connectivity index (χ0) is 10.5. The first-order chi connectivity index (χ1) is 5.80. The van der Waals surface area contributed by atoms with E-state index in [1.54, 1.807) is 6.07 Å². The van der Waals surface area contributed by atoms with Gasteiger partial charge in [0.15, 0.2) is 0 Å². The van der Waals surface area contributed by atoms with E-state index in [9.17, 15) is 0 Å². The number of aryl methyl sites for hydroxylation is 1. The van der Waals surface area contributed by atoms with Gasteiger partial charge in [-0.25, -0.2) is 4.57 Å². The number of para-hydroxylation sites is 1. The Morgan fingerprint density at radius 2 is 1.54 bits per heavy atom. The highest BCUT2D eigenvalue weighted by Crippen LogP contribution is 2.25. The first-order valence-electron chi connectivity index (χ1n) is 3.33. The average molecular weight is 206 g/mol. The number of phenolic OH excluding ortho intramolecular Hbond substituents is 1. The number of phosphoric acid groups is 1. The largest absolute Gasteiger partial charge is 0.508 e. The van der Waals surface area contributed by atoms with Crippen LogP contribution >= 0.6 is 7.82 Å². The van der Waals surface area contributed by atoms with Gasteiger partial charge >= 0.3 is 7.82 Å². The Morgan fingerprint density at radius 1 is 1.15 bits per heavy atom. The van der Waals surface area contributed by atoms with E-state index < -0.39 is 7.82 Å². The van der Waals surface area contributed by atoms with E-state index >= 15 is 0 Å². The number of hydrogen-bond donors (Lipinski definition) is 4. The molecule has 0 aliphatic carbocycles. The van der Waals surface area contributed by atoms with E-state index in [-0.39, 0.29) is 0 Å². The normalized spacial score (nSPS) is 10.2. The zero-order valence-electron chi connectivity index (χ0n) is 6.95. The summed E-state index contributed by atoms with van der Waals surface area (Å²) in [6.07, 6.45) is 0. The molecule has 0 atom stereocenters. The topological polar surface area (TPSA) is 98.0 Å². The summed E-state index contributed by atoms with van der Waals surface area (Å²) in [5, 5.41) is 8.92. The summed E-state index contributed by atoms with van der Waals surface area (Å²) < 4.78 is 8.88. The lowest BCUT2D eigenvalue weighted by molar-refractivity contribution is 0.275. The summed E-state index contributed by atoms with van der Waals surface area (Å²) in [6, 6.07) is 7.25. The van der Waals surface area contributed by atoms with Gasteiger partial charge in [-0.05, 0) is 18.6 Å². The van der Waals surface area contributed by atoms with Crippen LogP contribution in [0.2, 0.25) is 0 Å². The fourth-order valence-electron chi connectivity index (χ4n) is 0.563. The highest BCUT2D eigenvalue weighted by Gasteiger charge is 2.00. The first-order valence-corrected chi connectivity index (χ1v) is 4.90. The number of rotatable bonds is 0. The lowest BCUT2D eigenvalue weighted by atomic mass is 10.2. The van der Waals surface area contributed by atoms with Crippen LogP contribution in [0.4, 0.5) is 0 Å². The summed E-state index contributed by atoms with van der Waals surface area (Å²) in [4.78, 5) is 21.6. The molecule has 0 bridgehead atoms. The highest BCUT2D eigenvalue weighted by atomic mass is 31.2. The zero-order valence-corrected chi connectivity index (χ0v) is 7.85. The Kier molecular flexibility index (Phi) is 4.66. The third-order valence-electron chi connectivity index (χ3n) is 1.12. The first kappa shape index (κ1) is 12.1. The third-order valence-corrected chi connectivity index (χ3v) is 1.12. The summed E-state index contributed by atoms with van der Waals surface area (Å²) >= 11 is 0. The molecule has 0 radical (unpaired) electrons. The molecule has 6 heteroatoms. The van der Waals surface area contributed by atoms with Crippen molar-refractivity contribution in [3.05, 3.63) is 29.8 Å². The second-order valence-corrected chi connectivity index (χ2v) is 3.33. The molecule has 0 saturated heterocycles. The smallest absolute Gasteiger partial charge is 0.466 e. The van der Waals surface area contributed by atoms with E-state index in [1.807, 2.05) is 25.1 Å². The van der Waals surface area contributed by atoms with Crippen molar-refractivity contribution in [2.24, 2.45) is 0 Å². The minimum atomic E-state index is -4.64. The van der Waals surface area contributed by atoms with Crippen LogP contribution in [0.1, 0.15) is 5.56 Å². The Hall–Kier alpha value is -0.870. The molecule has 0 saturated carbocycles. The minimum Gasteiger partial charge on any atom is -0.508 e. The number of hydrogen-bond acceptors (Lipinski definition) is 2. The van der Waals surface area contributed by atoms with Crippen molar-refractivity contribution in [1.82, 2.24) is 0 Å². The monoisotopic (exact) mass is 206 g/mol. The molecule has 1 aromatic rings. The van der Waals surface area contributed by atoms with Crippen molar-refractivity contribution in [3.63, 3.8) is 0 Å². The van der Waals surface area contributed by atoms with Crippen LogP contribution in [0.15, 0.2) is 24.3 Å². The molecule has 74 valence electrons. The molecule has 0 aromatic heterocycles. The maximum Gasteiger partial charge on any atom is 0.466 e. The van der Waals surface area contributed by atoms with Crippen molar-refractivity contribution in [1.29, 1.82) is 0 Å². The fraction of sp³-hybridized carbons (Fsp3) is 0.143. The molecular weight excluding hydrogens is 195 g/mol. The lowest BCUT2D eigenvalue weighted by Crippen LogP contribution is -1.68.